The fourth-order valence-corrected chi connectivity index (χ4v) is 2.66. The van der Waals surface area contributed by atoms with E-state index >= 15 is 0 Å². The van der Waals surface area contributed by atoms with E-state index in [1.54, 1.807) is 6.07 Å². The maximum absolute atomic E-state index is 12.4. The third-order valence-corrected chi connectivity index (χ3v) is 4.02. The van der Waals surface area contributed by atoms with E-state index in [-0.39, 0.29) is 24.7 Å². The number of anilines is 1. The predicted octanol–water partition coefficient (Wildman–Crippen LogP) is 2.75. The van der Waals surface area contributed by atoms with Crippen LogP contribution in [0.5, 0.6) is 5.75 Å². The van der Waals surface area contributed by atoms with Crippen LogP contribution in [0.3, 0.4) is 0 Å². The molecule has 0 atom stereocenters. The Bertz CT molecular complexity index is 1040. The second kappa shape index (κ2) is 7.86. The van der Waals surface area contributed by atoms with Crippen molar-refractivity contribution in [3.63, 3.8) is 0 Å². The topological polar surface area (TPSA) is 110 Å². The Morgan fingerprint density at radius 1 is 1.41 bits per heavy atom. The Balaban J connectivity index is 1.77. The molecule has 0 unspecified atom stereocenters. The van der Waals surface area contributed by atoms with Gasteiger partial charge in [-0.1, -0.05) is 6.58 Å². The minimum absolute atomic E-state index is 0.123. The van der Waals surface area contributed by atoms with Crippen molar-refractivity contribution in [2.24, 2.45) is 0 Å². The molecule has 0 saturated heterocycles. The SMILES string of the molecule is C=C(C)COc1ccc2c(C)c(CCC(=O)Nc3ncn[nH]3)c(=O)oc2c1. The highest BCUT2D eigenvalue weighted by Gasteiger charge is 2.14. The number of nitrogens with zero attached hydrogens (tertiary/aromatic N) is 2. The molecule has 2 aromatic heterocycles. The first-order valence-corrected chi connectivity index (χ1v) is 8.43. The van der Waals surface area contributed by atoms with Crippen molar-refractivity contribution >= 4 is 22.8 Å². The molecule has 0 radical (unpaired) electrons. The minimum atomic E-state index is -0.454. The highest BCUT2D eigenvalue weighted by molar-refractivity contribution is 5.89. The van der Waals surface area contributed by atoms with E-state index in [9.17, 15) is 9.59 Å². The number of amides is 1. The van der Waals surface area contributed by atoms with E-state index in [2.05, 4.69) is 27.1 Å². The maximum atomic E-state index is 12.4. The van der Waals surface area contributed by atoms with Crippen LogP contribution in [0.2, 0.25) is 0 Å². The van der Waals surface area contributed by atoms with Crippen LogP contribution < -0.4 is 15.7 Å². The summed E-state index contributed by atoms with van der Waals surface area (Å²) < 4.78 is 11.0. The van der Waals surface area contributed by atoms with Crippen molar-refractivity contribution in [1.82, 2.24) is 15.2 Å². The van der Waals surface area contributed by atoms with Gasteiger partial charge in [0.2, 0.25) is 11.9 Å². The summed E-state index contributed by atoms with van der Waals surface area (Å²) in [6.07, 6.45) is 1.68. The number of rotatable bonds is 7. The zero-order valence-electron chi connectivity index (χ0n) is 15.2. The number of benzene rings is 1. The molecule has 0 aliphatic carbocycles. The molecule has 0 spiro atoms. The molecule has 8 nitrogen and oxygen atoms in total. The van der Waals surface area contributed by atoms with Gasteiger partial charge >= 0.3 is 5.63 Å². The van der Waals surface area contributed by atoms with E-state index in [0.29, 0.717) is 23.5 Å². The fraction of sp³-hybridized carbons (Fsp3) is 0.263. The molecule has 2 heterocycles. The van der Waals surface area contributed by atoms with Crippen LogP contribution in [0.15, 0.2) is 45.9 Å². The summed E-state index contributed by atoms with van der Waals surface area (Å²) >= 11 is 0. The molecule has 3 rings (SSSR count). The second-order valence-corrected chi connectivity index (χ2v) is 6.28. The van der Waals surface area contributed by atoms with Gasteiger partial charge in [0.1, 0.15) is 24.3 Å². The highest BCUT2D eigenvalue weighted by atomic mass is 16.5. The second-order valence-electron chi connectivity index (χ2n) is 6.28. The summed E-state index contributed by atoms with van der Waals surface area (Å²) in [5.41, 5.74) is 2.16. The van der Waals surface area contributed by atoms with Gasteiger partial charge in [-0.3, -0.25) is 10.1 Å². The Hall–Kier alpha value is -3.42. The van der Waals surface area contributed by atoms with Crippen LogP contribution in [0.1, 0.15) is 24.5 Å². The summed E-state index contributed by atoms with van der Waals surface area (Å²) in [5, 5.41) is 9.58. The molecule has 1 aromatic carbocycles. The summed E-state index contributed by atoms with van der Waals surface area (Å²) in [6.45, 7) is 7.90. The van der Waals surface area contributed by atoms with Crippen LogP contribution in [-0.2, 0) is 11.2 Å². The summed E-state index contributed by atoms with van der Waals surface area (Å²) in [6, 6.07) is 5.35. The number of H-pyrrole nitrogens is 1. The predicted molar refractivity (Wildman–Crippen MR) is 101 cm³/mol. The monoisotopic (exact) mass is 368 g/mol. The molecular weight excluding hydrogens is 348 g/mol. The smallest absolute Gasteiger partial charge is 0.339 e. The minimum Gasteiger partial charge on any atom is -0.489 e. The van der Waals surface area contributed by atoms with Gasteiger partial charge in [0.15, 0.2) is 0 Å². The number of hydrogen-bond acceptors (Lipinski definition) is 6. The lowest BCUT2D eigenvalue weighted by molar-refractivity contribution is -0.116. The Kier molecular flexibility index (Phi) is 5.35. The van der Waals surface area contributed by atoms with Crippen LogP contribution in [0.4, 0.5) is 5.95 Å². The average Bonchev–Trinajstić information content (AvgIpc) is 3.12. The molecule has 0 aliphatic heterocycles. The molecule has 1 amide bonds. The first-order chi connectivity index (χ1) is 12.9. The molecule has 27 heavy (non-hydrogen) atoms. The maximum Gasteiger partial charge on any atom is 0.339 e. The zero-order valence-corrected chi connectivity index (χ0v) is 15.2. The number of carbonyl (C=O) groups is 1. The molecule has 2 N–H and O–H groups in total. The van der Waals surface area contributed by atoms with Gasteiger partial charge in [0.25, 0.3) is 0 Å². The van der Waals surface area contributed by atoms with E-state index < -0.39 is 5.63 Å². The molecule has 140 valence electrons. The van der Waals surface area contributed by atoms with E-state index in [0.717, 1.165) is 16.5 Å². The van der Waals surface area contributed by atoms with Crippen molar-refractivity contribution in [1.29, 1.82) is 0 Å². The number of aromatic amines is 1. The first-order valence-electron chi connectivity index (χ1n) is 8.43. The lowest BCUT2D eigenvalue weighted by Crippen LogP contribution is -2.17. The lowest BCUT2D eigenvalue weighted by Gasteiger charge is -2.10. The zero-order chi connectivity index (χ0) is 19.4. The number of aryl methyl sites for hydroxylation is 1. The van der Waals surface area contributed by atoms with Crippen LogP contribution in [-0.4, -0.2) is 27.7 Å². The van der Waals surface area contributed by atoms with Crippen molar-refractivity contribution in [3.8, 4) is 5.75 Å². The largest absolute Gasteiger partial charge is 0.489 e. The average molecular weight is 368 g/mol. The fourth-order valence-electron chi connectivity index (χ4n) is 2.66. The number of carbonyl (C=O) groups excluding carboxylic acids is 1. The first kappa shape index (κ1) is 18.4. The van der Waals surface area contributed by atoms with Crippen molar-refractivity contribution < 1.29 is 13.9 Å². The number of nitrogens with one attached hydrogen (secondary N) is 2. The van der Waals surface area contributed by atoms with Gasteiger partial charge in [-0.25, -0.2) is 9.89 Å². The Morgan fingerprint density at radius 2 is 2.22 bits per heavy atom. The van der Waals surface area contributed by atoms with Crippen molar-refractivity contribution in [2.45, 2.75) is 26.7 Å². The molecule has 0 bridgehead atoms. The molecule has 3 aromatic rings. The molecule has 0 saturated carbocycles. The number of ether oxygens (including phenoxy) is 1. The van der Waals surface area contributed by atoms with Crippen molar-refractivity contribution in [2.75, 3.05) is 11.9 Å². The third kappa shape index (κ3) is 4.41. The highest BCUT2D eigenvalue weighted by Crippen LogP contribution is 2.25. The quantitative estimate of drug-likeness (QED) is 0.490. The number of aromatic nitrogens is 3. The van der Waals surface area contributed by atoms with E-state index in [1.165, 1.54) is 6.33 Å². The van der Waals surface area contributed by atoms with Gasteiger partial charge < -0.3 is 9.15 Å². The van der Waals surface area contributed by atoms with Gasteiger partial charge in [0, 0.05) is 23.4 Å². The van der Waals surface area contributed by atoms with Crippen LogP contribution >= 0.6 is 0 Å². The molecule has 0 fully saturated rings. The standard InChI is InChI=1S/C19H20N4O4/c1-11(2)9-26-13-4-5-14-12(3)15(18(25)27-16(14)8-13)6-7-17(24)22-19-20-10-21-23-19/h4-5,8,10H,1,6-7,9H2,2-3H3,(H2,20,21,22,23,24). The Morgan fingerprint density at radius 3 is 2.93 bits per heavy atom. The van der Waals surface area contributed by atoms with Crippen LogP contribution in [0.25, 0.3) is 11.0 Å². The van der Waals surface area contributed by atoms with Crippen molar-refractivity contribution in [3.05, 3.63) is 58.2 Å². The van der Waals surface area contributed by atoms with Crippen LogP contribution in [0, 0.1) is 6.92 Å². The summed E-state index contributed by atoms with van der Waals surface area (Å²) in [4.78, 5) is 28.2. The summed E-state index contributed by atoms with van der Waals surface area (Å²) in [7, 11) is 0. The van der Waals surface area contributed by atoms with E-state index in [1.807, 2.05) is 26.0 Å². The lowest BCUT2D eigenvalue weighted by atomic mass is 10.0. The number of fused-ring (bicyclic) bond motifs is 1. The van der Waals surface area contributed by atoms with Gasteiger partial charge in [0.05, 0.1) is 0 Å². The summed E-state index contributed by atoms with van der Waals surface area (Å²) in [5.74, 6) is 0.603. The Labute approximate surface area is 155 Å². The molecule has 0 aliphatic rings. The third-order valence-electron chi connectivity index (χ3n) is 4.02. The van der Waals surface area contributed by atoms with Gasteiger partial charge in [-0.15, -0.1) is 0 Å². The van der Waals surface area contributed by atoms with Gasteiger partial charge in [-0.2, -0.15) is 10.1 Å². The molecular formula is C19H20N4O4. The van der Waals surface area contributed by atoms with Gasteiger partial charge in [-0.05, 0) is 43.5 Å². The normalized spacial score (nSPS) is 10.7. The molecule has 8 heteroatoms. The van der Waals surface area contributed by atoms with E-state index in [4.69, 9.17) is 9.15 Å². The number of hydrogen-bond donors (Lipinski definition) is 2.